The molecule has 8 nitrogen and oxygen atoms in total. The summed E-state index contributed by atoms with van der Waals surface area (Å²) in [5.41, 5.74) is 0.251. The molecule has 4 rings (SSSR count). The highest BCUT2D eigenvalue weighted by molar-refractivity contribution is 7.10. The minimum absolute atomic E-state index is 0.0191. The fourth-order valence-corrected chi connectivity index (χ4v) is 4.08. The maximum atomic E-state index is 13.1. The molecule has 1 aliphatic heterocycles. The summed E-state index contributed by atoms with van der Waals surface area (Å²) in [6.45, 7) is 2.58. The van der Waals surface area contributed by atoms with Gasteiger partial charge in [0.1, 0.15) is 10.8 Å². The first-order valence-corrected chi connectivity index (χ1v) is 9.45. The Balaban J connectivity index is 1.66. The summed E-state index contributed by atoms with van der Waals surface area (Å²) in [5.74, 6) is -1.29. The zero-order valence-electron chi connectivity index (χ0n) is 14.7. The SMILES string of the molecule is CCOC(=O)c1csc(C2CCCN2c2ccc3nnc(C(F)(F)F)n3n2)n1. The number of aromatic nitrogens is 5. The van der Waals surface area contributed by atoms with Crippen LogP contribution in [0.3, 0.4) is 0 Å². The monoisotopic (exact) mass is 412 g/mol. The van der Waals surface area contributed by atoms with E-state index in [1.165, 1.54) is 17.4 Å². The molecule has 0 aliphatic carbocycles. The maximum Gasteiger partial charge on any atom is 0.453 e. The Morgan fingerprint density at radius 3 is 2.93 bits per heavy atom. The smallest absolute Gasteiger partial charge is 0.453 e. The van der Waals surface area contributed by atoms with Gasteiger partial charge < -0.3 is 9.64 Å². The number of esters is 1. The first-order valence-electron chi connectivity index (χ1n) is 8.57. The lowest BCUT2D eigenvalue weighted by Gasteiger charge is -2.24. The molecule has 0 bridgehead atoms. The summed E-state index contributed by atoms with van der Waals surface area (Å²) >= 11 is 1.32. The van der Waals surface area contributed by atoms with Crippen molar-refractivity contribution in [1.29, 1.82) is 0 Å². The highest BCUT2D eigenvalue weighted by Crippen LogP contribution is 2.37. The summed E-state index contributed by atoms with van der Waals surface area (Å²) < 4.78 is 45.0. The number of fused-ring (bicyclic) bond motifs is 1. The predicted octanol–water partition coefficient (Wildman–Crippen LogP) is 3.12. The van der Waals surface area contributed by atoms with Crippen LogP contribution in [0.2, 0.25) is 0 Å². The molecule has 1 saturated heterocycles. The molecule has 0 aromatic carbocycles. The second-order valence-electron chi connectivity index (χ2n) is 6.13. The van der Waals surface area contributed by atoms with Gasteiger partial charge >= 0.3 is 12.1 Å². The van der Waals surface area contributed by atoms with Crippen molar-refractivity contribution in [3.05, 3.63) is 34.0 Å². The second kappa shape index (κ2) is 7.00. The summed E-state index contributed by atoms with van der Waals surface area (Å²) in [6.07, 6.45) is -3.07. The Kier molecular flexibility index (Phi) is 4.65. The van der Waals surface area contributed by atoms with E-state index in [0.717, 1.165) is 12.8 Å². The number of alkyl halides is 3. The zero-order valence-corrected chi connectivity index (χ0v) is 15.5. The minimum Gasteiger partial charge on any atom is -0.461 e. The van der Waals surface area contributed by atoms with Crippen LogP contribution in [-0.2, 0) is 10.9 Å². The van der Waals surface area contributed by atoms with Gasteiger partial charge in [0.25, 0.3) is 5.82 Å². The number of hydrogen-bond donors (Lipinski definition) is 0. The molecule has 0 spiro atoms. The van der Waals surface area contributed by atoms with E-state index in [2.05, 4.69) is 20.3 Å². The lowest BCUT2D eigenvalue weighted by atomic mass is 10.2. The first kappa shape index (κ1) is 18.6. The summed E-state index contributed by atoms with van der Waals surface area (Å²) in [7, 11) is 0. The van der Waals surface area contributed by atoms with Crippen molar-refractivity contribution >= 4 is 28.8 Å². The normalized spacial score (nSPS) is 17.4. The number of halogens is 3. The molecule has 0 saturated carbocycles. The van der Waals surface area contributed by atoms with E-state index >= 15 is 0 Å². The predicted molar refractivity (Wildman–Crippen MR) is 93.2 cm³/mol. The van der Waals surface area contributed by atoms with E-state index in [9.17, 15) is 18.0 Å². The van der Waals surface area contributed by atoms with Crippen LogP contribution < -0.4 is 4.90 Å². The van der Waals surface area contributed by atoms with Gasteiger partial charge in [-0.2, -0.15) is 17.7 Å². The molecule has 0 radical (unpaired) electrons. The summed E-state index contributed by atoms with van der Waals surface area (Å²) in [6, 6.07) is 2.89. The summed E-state index contributed by atoms with van der Waals surface area (Å²) in [5, 5.41) is 13.2. The quantitative estimate of drug-likeness (QED) is 0.609. The van der Waals surface area contributed by atoms with Crippen LogP contribution in [0.1, 0.15) is 47.1 Å². The van der Waals surface area contributed by atoms with Crippen LogP contribution in [0.4, 0.5) is 19.0 Å². The molecule has 1 aliphatic rings. The molecule has 28 heavy (non-hydrogen) atoms. The van der Waals surface area contributed by atoms with Gasteiger partial charge in [-0.3, -0.25) is 0 Å². The van der Waals surface area contributed by atoms with E-state index in [1.54, 1.807) is 18.4 Å². The van der Waals surface area contributed by atoms with Crippen molar-refractivity contribution in [1.82, 2.24) is 24.8 Å². The van der Waals surface area contributed by atoms with Crippen LogP contribution in [0.25, 0.3) is 5.65 Å². The lowest BCUT2D eigenvalue weighted by molar-refractivity contribution is -0.146. The Hall–Kier alpha value is -2.76. The van der Waals surface area contributed by atoms with Crippen LogP contribution >= 0.6 is 11.3 Å². The Bertz CT molecular complexity index is 1020. The molecule has 4 heterocycles. The van der Waals surface area contributed by atoms with Gasteiger partial charge in [-0.15, -0.1) is 26.6 Å². The molecule has 0 amide bonds. The third-order valence-electron chi connectivity index (χ3n) is 4.34. The number of rotatable bonds is 4. The van der Waals surface area contributed by atoms with E-state index in [4.69, 9.17) is 4.74 Å². The molecule has 3 aromatic heterocycles. The fourth-order valence-electron chi connectivity index (χ4n) is 3.15. The third-order valence-corrected chi connectivity index (χ3v) is 5.29. The van der Waals surface area contributed by atoms with Crippen LogP contribution in [0.15, 0.2) is 17.5 Å². The van der Waals surface area contributed by atoms with Crippen molar-refractivity contribution in [2.75, 3.05) is 18.1 Å². The Morgan fingerprint density at radius 2 is 2.18 bits per heavy atom. The summed E-state index contributed by atoms with van der Waals surface area (Å²) in [4.78, 5) is 18.1. The lowest BCUT2D eigenvalue weighted by Crippen LogP contribution is -2.25. The molecule has 1 atom stereocenters. The average molecular weight is 412 g/mol. The van der Waals surface area contributed by atoms with Gasteiger partial charge in [-0.1, -0.05) is 0 Å². The fraction of sp³-hybridized carbons (Fsp3) is 0.438. The highest BCUT2D eigenvalue weighted by Gasteiger charge is 2.38. The van der Waals surface area contributed by atoms with E-state index in [-0.39, 0.29) is 24.0 Å². The largest absolute Gasteiger partial charge is 0.461 e. The number of nitrogens with zero attached hydrogens (tertiary/aromatic N) is 6. The van der Waals surface area contributed by atoms with Crippen molar-refractivity contribution in [3.63, 3.8) is 0 Å². The van der Waals surface area contributed by atoms with Gasteiger partial charge in [0.05, 0.1) is 12.6 Å². The van der Waals surface area contributed by atoms with Gasteiger partial charge in [-0.25, -0.2) is 9.78 Å². The second-order valence-corrected chi connectivity index (χ2v) is 7.02. The number of anilines is 1. The third kappa shape index (κ3) is 3.28. The van der Waals surface area contributed by atoms with Crippen LogP contribution in [0.5, 0.6) is 0 Å². The molecular weight excluding hydrogens is 397 g/mol. The first-order chi connectivity index (χ1) is 13.4. The van der Waals surface area contributed by atoms with Crippen molar-refractivity contribution in [2.45, 2.75) is 32.0 Å². The standard InChI is InChI=1S/C16H15F3N6O2S/c1-2-27-14(26)9-8-28-13(20-9)10-4-3-7-24(10)12-6-5-11-21-22-15(16(17,18)19)25(11)23-12/h5-6,8,10H,2-4,7H2,1H3. The molecule has 12 heteroatoms. The van der Waals surface area contributed by atoms with Gasteiger partial charge in [0.2, 0.25) is 0 Å². The van der Waals surface area contributed by atoms with Gasteiger partial charge in [-0.05, 0) is 31.9 Å². The van der Waals surface area contributed by atoms with E-state index in [0.29, 0.717) is 21.9 Å². The minimum atomic E-state index is -4.65. The van der Waals surface area contributed by atoms with Crippen molar-refractivity contribution in [2.24, 2.45) is 0 Å². The van der Waals surface area contributed by atoms with Crippen LogP contribution in [0, 0.1) is 0 Å². The molecule has 0 N–H and O–H groups in total. The molecule has 148 valence electrons. The van der Waals surface area contributed by atoms with Crippen molar-refractivity contribution < 1.29 is 22.7 Å². The zero-order chi connectivity index (χ0) is 19.9. The number of ether oxygens (including phenoxy) is 1. The average Bonchev–Trinajstić information content (AvgIpc) is 3.38. The number of thiazole rings is 1. The van der Waals surface area contributed by atoms with Gasteiger partial charge in [0.15, 0.2) is 11.3 Å². The topological polar surface area (TPSA) is 85.5 Å². The number of carbonyl (C=O) groups excluding carboxylic acids is 1. The maximum absolute atomic E-state index is 13.1. The Morgan fingerprint density at radius 1 is 1.36 bits per heavy atom. The molecular formula is C16H15F3N6O2S. The molecule has 1 unspecified atom stereocenters. The number of hydrogen-bond acceptors (Lipinski definition) is 8. The van der Waals surface area contributed by atoms with E-state index < -0.39 is 18.0 Å². The molecule has 3 aromatic rings. The molecule has 1 fully saturated rings. The van der Waals surface area contributed by atoms with Gasteiger partial charge in [0, 0.05) is 11.9 Å². The van der Waals surface area contributed by atoms with Crippen molar-refractivity contribution in [3.8, 4) is 0 Å². The Labute approximate surface area is 161 Å². The highest BCUT2D eigenvalue weighted by atomic mass is 32.1. The number of carbonyl (C=O) groups is 1. The van der Waals surface area contributed by atoms with Crippen LogP contribution in [-0.4, -0.2) is 43.9 Å². The van der Waals surface area contributed by atoms with E-state index in [1.807, 2.05) is 4.90 Å².